The van der Waals surface area contributed by atoms with E-state index in [1.54, 1.807) is 61.3 Å². The molecule has 0 radical (unpaired) electrons. The topological polar surface area (TPSA) is 104 Å². The van der Waals surface area contributed by atoms with E-state index in [1.165, 1.54) is 27.6 Å². The number of ether oxygens (including phenoxy) is 3. The molecule has 1 amide bonds. The molecule has 7 rings (SSSR count). The van der Waals surface area contributed by atoms with Gasteiger partial charge >= 0.3 is 0 Å². The fraction of sp³-hybridized carbons (Fsp3) is 0.241. The first kappa shape index (κ1) is 27.3. The maximum absolute atomic E-state index is 13.5. The van der Waals surface area contributed by atoms with E-state index in [2.05, 4.69) is 10.1 Å². The van der Waals surface area contributed by atoms with Gasteiger partial charge in [-0.3, -0.25) is 4.79 Å². The van der Waals surface area contributed by atoms with Crippen molar-refractivity contribution >= 4 is 44.5 Å². The number of alkyl halides is 2. The Morgan fingerprint density at radius 3 is 2.67 bits per heavy atom. The Balaban J connectivity index is 1.07. The number of benzene rings is 2. The SMILES string of the molecule is COc1cc(OCc2csc(-c3ccc(C(=O)N4CCC(F)(F)C4)cc3)n2)c2cc(-c3cn4nc(OC)sc4n3)oc2c1. The van der Waals surface area contributed by atoms with Crippen molar-refractivity contribution in [3.05, 3.63) is 65.3 Å². The minimum Gasteiger partial charge on any atom is -0.496 e. The molecule has 0 saturated carbocycles. The zero-order valence-corrected chi connectivity index (χ0v) is 24.5. The largest absolute Gasteiger partial charge is 0.496 e. The molecule has 0 unspecified atom stereocenters. The van der Waals surface area contributed by atoms with E-state index in [-0.39, 0.29) is 19.6 Å². The quantitative estimate of drug-likeness (QED) is 0.192. The molecule has 0 aliphatic carbocycles. The van der Waals surface area contributed by atoms with Crippen LogP contribution in [0.5, 0.6) is 16.7 Å². The summed E-state index contributed by atoms with van der Waals surface area (Å²) in [5, 5.41) is 8.23. The number of hydrogen-bond acceptors (Lipinski definition) is 10. The van der Waals surface area contributed by atoms with E-state index in [4.69, 9.17) is 23.6 Å². The Morgan fingerprint density at radius 2 is 1.95 bits per heavy atom. The molecule has 0 atom stereocenters. The molecule has 1 saturated heterocycles. The highest BCUT2D eigenvalue weighted by Gasteiger charge is 2.40. The Kier molecular flexibility index (Phi) is 6.73. The van der Waals surface area contributed by atoms with Crippen molar-refractivity contribution in [1.82, 2.24) is 24.5 Å². The molecule has 0 bridgehead atoms. The predicted octanol–water partition coefficient (Wildman–Crippen LogP) is 6.40. The van der Waals surface area contributed by atoms with E-state index in [1.807, 2.05) is 11.4 Å². The highest BCUT2D eigenvalue weighted by Crippen LogP contribution is 2.38. The van der Waals surface area contributed by atoms with E-state index in [0.29, 0.717) is 49.9 Å². The Morgan fingerprint density at radius 1 is 1.12 bits per heavy atom. The van der Waals surface area contributed by atoms with E-state index in [0.717, 1.165) is 16.0 Å². The summed E-state index contributed by atoms with van der Waals surface area (Å²) in [6.45, 7) is -0.292. The Bertz CT molecular complexity index is 1930. The van der Waals surface area contributed by atoms with Crippen LogP contribution in [0.15, 0.2) is 58.5 Å². The van der Waals surface area contributed by atoms with Gasteiger partial charge in [-0.2, -0.15) is 0 Å². The number of amides is 1. The van der Waals surface area contributed by atoms with Crippen LogP contribution in [-0.4, -0.2) is 63.6 Å². The van der Waals surface area contributed by atoms with Crippen molar-refractivity contribution in [2.75, 3.05) is 27.3 Å². The first-order valence-corrected chi connectivity index (χ1v) is 14.8. The van der Waals surface area contributed by atoms with Crippen LogP contribution in [0.1, 0.15) is 22.5 Å². The zero-order valence-electron chi connectivity index (χ0n) is 22.9. The molecule has 6 aromatic rings. The number of fused-ring (bicyclic) bond motifs is 2. The highest BCUT2D eigenvalue weighted by atomic mass is 32.1. The molecule has 1 aliphatic heterocycles. The van der Waals surface area contributed by atoms with Crippen molar-refractivity contribution in [3.8, 4) is 38.7 Å². The summed E-state index contributed by atoms with van der Waals surface area (Å²) in [4.78, 5) is 23.8. The molecule has 1 aliphatic rings. The average molecular weight is 624 g/mol. The molecule has 0 spiro atoms. The molecule has 5 heterocycles. The summed E-state index contributed by atoms with van der Waals surface area (Å²) in [6, 6.07) is 12.3. The number of hydrogen-bond donors (Lipinski definition) is 0. The van der Waals surface area contributed by atoms with E-state index in [9.17, 15) is 13.6 Å². The van der Waals surface area contributed by atoms with Crippen LogP contribution in [-0.2, 0) is 6.61 Å². The number of methoxy groups -OCH3 is 2. The second-order valence-corrected chi connectivity index (χ2v) is 11.7. The number of carbonyl (C=O) groups excluding carboxylic acids is 1. The normalized spacial score (nSPS) is 14.6. The third kappa shape index (κ3) is 5.27. The molecule has 2 aromatic carbocycles. The summed E-state index contributed by atoms with van der Waals surface area (Å²) in [5.74, 6) is -1.52. The van der Waals surface area contributed by atoms with Crippen molar-refractivity contribution in [3.63, 3.8) is 0 Å². The van der Waals surface area contributed by atoms with E-state index < -0.39 is 18.4 Å². The molecular weight excluding hydrogens is 600 g/mol. The van der Waals surface area contributed by atoms with Gasteiger partial charge in [-0.05, 0) is 29.5 Å². The van der Waals surface area contributed by atoms with Gasteiger partial charge in [-0.25, -0.2) is 23.3 Å². The Hall–Kier alpha value is -4.56. The van der Waals surface area contributed by atoms with Gasteiger partial charge in [0.05, 0.1) is 38.0 Å². The monoisotopic (exact) mass is 623 g/mol. The first-order chi connectivity index (χ1) is 20.8. The van der Waals surface area contributed by atoms with Crippen LogP contribution in [0.2, 0.25) is 0 Å². The molecule has 0 N–H and O–H groups in total. The minimum absolute atomic E-state index is 0.0539. The van der Waals surface area contributed by atoms with Gasteiger partial charge in [0.15, 0.2) is 5.76 Å². The summed E-state index contributed by atoms with van der Waals surface area (Å²) >= 11 is 2.77. The number of furan rings is 1. The van der Waals surface area contributed by atoms with Gasteiger partial charge in [-0.1, -0.05) is 12.1 Å². The van der Waals surface area contributed by atoms with Gasteiger partial charge in [0.2, 0.25) is 4.96 Å². The van der Waals surface area contributed by atoms with Crippen molar-refractivity contribution in [1.29, 1.82) is 0 Å². The zero-order chi connectivity index (χ0) is 29.7. The molecular formula is C29H23F2N5O5S2. The second kappa shape index (κ2) is 10.6. The smallest absolute Gasteiger partial charge is 0.294 e. The van der Waals surface area contributed by atoms with Crippen molar-refractivity contribution < 1.29 is 32.2 Å². The average Bonchev–Trinajstić information content (AvgIpc) is 3.83. The number of aromatic nitrogens is 4. The number of rotatable bonds is 8. The number of imidazole rings is 1. The lowest BCUT2D eigenvalue weighted by molar-refractivity contribution is 0.0120. The molecule has 10 nitrogen and oxygen atoms in total. The second-order valence-electron chi connectivity index (χ2n) is 9.92. The number of likely N-dealkylation sites (tertiary alicyclic amines) is 1. The first-order valence-electron chi connectivity index (χ1n) is 13.2. The maximum atomic E-state index is 13.5. The minimum atomic E-state index is -2.82. The highest BCUT2D eigenvalue weighted by molar-refractivity contribution is 7.18. The standard InChI is InChI=1S/C29H23F2N5O5S2/c1-38-19-9-22(20-11-24(41-23(20)10-19)21-12-36-27(33-21)43-28(34-36)39-2)40-13-18-14-42-25(32-18)16-3-5-17(6-4-16)26(37)35-8-7-29(30,31)15-35/h3-6,9-12,14H,7-8,13,15H2,1-2H3. The fourth-order valence-electron chi connectivity index (χ4n) is 4.83. The predicted molar refractivity (Wildman–Crippen MR) is 157 cm³/mol. The lowest BCUT2D eigenvalue weighted by atomic mass is 10.1. The van der Waals surface area contributed by atoms with E-state index >= 15 is 0 Å². The van der Waals surface area contributed by atoms with Crippen LogP contribution in [0.3, 0.4) is 0 Å². The molecule has 4 aromatic heterocycles. The summed E-state index contributed by atoms with van der Waals surface area (Å²) in [7, 11) is 3.13. The van der Waals surface area contributed by atoms with Crippen molar-refractivity contribution in [2.45, 2.75) is 19.0 Å². The molecule has 14 heteroatoms. The maximum Gasteiger partial charge on any atom is 0.294 e. The number of nitrogens with zero attached hydrogens (tertiary/aromatic N) is 5. The van der Waals surface area contributed by atoms with Crippen LogP contribution in [0.25, 0.3) is 38.0 Å². The number of halogens is 2. The van der Waals surface area contributed by atoms with Crippen molar-refractivity contribution in [2.24, 2.45) is 0 Å². The summed E-state index contributed by atoms with van der Waals surface area (Å²) < 4.78 is 51.6. The lowest BCUT2D eigenvalue weighted by Gasteiger charge is -2.16. The molecule has 43 heavy (non-hydrogen) atoms. The van der Waals surface area contributed by atoms with Gasteiger partial charge in [0.1, 0.15) is 34.4 Å². The fourth-order valence-corrected chi connectivity index (χ4v) is 6.34. The molecule has 1 fully saturated rings. The third-order valence-corrected chi connectivity index (χ3v) is 8.85. The van der Waals surface area contributed by atoms with Gasteiger partial charge < -0.3 is 23.5 Å². The van der Waals surface area contributed by atoms with Gasteiger partial charge in [-0.15, -0.1) is 16.4 Å². The lowest BCUT2D eigenvalue weighted by Crippen LogP contribution is -2.31. The Labute approximate surface area is 251 Å². The number of carbonyl (C=O) groups is 1. The van der Waals surface area contributed by atoms with Crippen LogP contribution >= 0.6 is 22.7 Å². The third-order valence-electron chi connectivity index (χ3n) is 7.02. The van der Waals surface area contributed by atoms with Gasteiger partial charge in [0, 0.05) is 41.6 Å². The number of thiazole rings is 1. The van der Waals surface area contributed by atoms with Gasteiger partial charge in [0.25, 0.3) is 17.0 Å². The summed E-state index contributed by atoms with van der Waals surface area (Å²) in [6.07, 6.45) is 1.47. The van der Waals surface area contributed by atoms with Crippen LogP contribution in [0.4, 0.5) is 8.78 Å². The summed E-state index contributed by atoms with van der Waals surface area (Å²) in [5.41, 5.74) is 3.10. The van der Waals surface area contributed by atoms with Crippen LogP contribution < -0.4 is 14.2 Å². The van der Waals surface area contributed by atoms with Crippen LogP contribution in [0, 0.1) is 0 Å². The molecule has 220 valence electrons.